The molecular weight excluding hydrogens is 295 g/mol. The maximum atomic E-state index is 5.44. The Kier molecular flexibility index (Phi) is 2.83. The number of thiol groups is 1. The highest BCUT2D eigenvalue weighted by atomic mass is 127. The molecule has 1 nitrogen and oxygen atoms in total. The van der Waals surface area contributed by atoms with Gasteiger partial charge in [-0.25, -0.2) is 0 Å². The third-order valence-electron chi connectivity index (χ3n) is 2.00. The van der Waals surface area contributed by atoms with Crippen molar-refractivity contribution in [3.63, 3.8) is 0 Å². The van der Waals surface area contributed by atoms with Crippen molar-refractivity contribution in [2.24, 2.45) is 0 Å². The quantitative estimate of drug-likeness (QED) is 0.662. The van der Waals surface area contributed by atoms with Crippen molar-refractivity contribution in [2.75, 3.05) is 5.75 Å². The molecule has 0 aliphatic carbocycles. The highest BCUT2D eigenvalue weighted by Crippen LogP contribution is 2.23. The summed E-state index contributed by atoms with van der Waals surface area (Å²) in [5.41, 5.74) is 2.23. The molecule has 3 heteroatoms. The minimum Gasteiger partial charge on any atom is -0.464 e. The largest absolute Gasteiger partial charge is 0.464 e. The van der Waals surface area contributed by atoms with Gasteiger partial charge in [0.25, 0.3) is 0 Å². The first-order valence-electron chi connectivity index (χ1n) is 4.08. The van der Waals surface area contributed by atoms with E-state index in [1.54, 1.807) is 0 Å². The van der Waals surface area contributed by atoms with Crippen LogP contribution in [0.15, 0.2) is 28.9 Å². The van der Waals surface area contributed by atoms with Crippen LogP contribution in [0.2, 0.25) is 0 Å². The van der Waals surface area contributed by atoms with E-state index >= 15 is 0 Å². The van der Waals surface area contributed by atoms with Gasteiger partial charge in [-0.1, -0.05) is 0 Å². The van der Waals surface area contributed by atoms with E-state index in [1.807, 2.05) is 6.26 Å². The first-order chi connectivity index (χ1) is 6.31. The van der Waals surface area contributed by atoms with E-state index in [0.717, 1.165) is 17.8 Å². The molecule has 0 saturated carbocycles. The van der Waals surface area contributed by atoms with Crippen LogP contribution in [-0.4, -0.2) is 5.75 Å². The van der Waals surface area contributed by atoms with Crippen molar-refractivity contribution < 1.29 is 4.42 Å². The standard InChI is InChI=1S/C10H9IOS/c11-8-1-2-9-7(3-4-13)6-12-10(9)5-8/h1-2,5-6,13H,3-4H2. The zero-order valence-electron chi connectivity index (χ0n) is 6.96. The van der Waals surface area contributed by atoms with Crippen LogP contribution in [0.5, 0.6) is 0 Å². The van der Waals surface area contributed by atoms with Crippen LogP contribution < -0.4 is 0 Å². The number of fused-ring (bicyclic) bond motifs is 1. The van der Waals surface area contributed by atoms with Crippen LogP contribution in [-0.2, 0) is 6.42 Å². The van der Waals surface area contributed by atoms with Gasteiger partial charge in [0.1, 0.15) is 5.58 Å². The van der Waals surface area contributed by atoms with E-state index in [-0.39, 0.29) is 0 Å². The highest BCUT2D eigenvalue weighted by Gasteiger charge is 2.04. The van der Waals surface area contributed by atoms with Crippen LogP contribution in [0.1, 0.15) is 5.56 Å². The molecule has 1 aromatic carbocycles. The van der Waals surface area contributed by atoms with Gasteiger partial charge in [-0.3, -0.25) is 0 Å². The first-order valence-corrected chi connectivity index (χ1v) is 5.79. The Morgan fingerprint density at radius 2 is 2.23 bits per heavy atom. The summed E-state index contributed by atoms with van der Waals surface area (Å²) in [6.45, 7) is 0. The van der Waals surface area contributed by atoms with Gasteiger partial charge in [-0.2, -0.15) is 12.6 Å². The minimum absolute atomic E-state index is 0.862. The molecule has 0 radical (unpaired) electrons. The van der Waals surface area contributed by atoms with E-state index < -0.39 is 0 Å². The second kappa shape index (κ2) is 3.92. The number of halogens is 1. The van der Waals surface area contributed by atoms with Crippen LogP contribution in [0.25, 0.3) is 11.0 Å². The van der Waals surface area contributed by atoms with Crippen molar-refractivity contribution in [3.8, 4) is 0 Å². The summed E-state index contributed by atoms with van der Waals surface area (Å²) in [7, 11) is 0. The van der Waals surface area contributed by atoms with Crippen molar-refractivity contribution in [3.05, 3.63) is 33.6 Å². The molecular formula is C10H9IOS. The van der Waals surface area contributed by atoms with Gasteiger partial charge < -0.3 is 4.42 Å². The van der Waals surface area contributed by atoms with E-state index in [0.29, 0.717) is 0 Å². The fraction of sp³-hybridized carbons (Fsp3) is 0.200. The molecule has 0 spiro atoms. The lowest BCUT2D eigenvalue weighted by molar-refractivity contribution is 0.611. The van der Waals surface area contributed by atoms with Crippen LogP contribution in [0, 0.1) is 3.57 Å². The van der Waals surface area contributed by atoms with Gasteiger partial charge in [-0.05, 0) is 58.5 Å². The lowest BCUT2D eigenvalue weighted by Gasteiger charge is -1.93. The second-order valence-corrected chi connectivity index (χ2v) is 4.57. The van der Waals surface area contributed by atoms with E-state index in [9.17, 15) is 0 Å². The van der Waals surface area contributed by atoms with Gasteiger partial charge in [0.15, 0.2) is 0 Å². The number of furan rings is 1. The molecule has 0 saturated heterocycles. The molecule has 0 aliphatic rings. The number of rotatable bonds is 2. The molecule has 0 amide bonds. The first kappa shape index (κ1) is 9.40. The van der Waals surface area contributed by atoms with E-state index in [2.05, 4.69) is 53.4 Å². The minimum atomic E-state index is 0.862. The summed E-state index contributed by atoms with van der Waals surface area (Å²) in [6, 6.07) is 6.26. The summed E-state index contributed by atoms with van der Waals surface area (Å²) in [5, 5.41) is 1.22. The molecule has 2 aromatic rings. The molecule has 0 fully saturated rings. The summed E-state index contributed by atoms with van der Waals surface area (Å²) in [5.74, 6) is 0.862. The zero-order chi connectivity index (χ0) is 9.26. The molecule has 0 aliphatic heterocycles. The average Bonchev–Trinajstić information content (AvgIpc) is 2.49. The van der Waals surface area contributed by atoms with Gasteiger partial charge in [0.2, 0.25) is 0 Å². The Morgan fingerprint density at radius 3 is 3.00 bits per heavy atom. The number of hydrogen-bond acceptors (Lipinski definition) is 2. The Bertz CT molecular complexity index is 422. The van der Waals surface area contributed by atoms with E-state index in [1.165, 1.54) is 14.5 Å². The summed E-state index contributed by atoms with van der Waals surface area (Å²) in [4.78, 5) is 0. The zero-order valence-corrected chi connectivity index (χ0v) is 10.0. The van der Waals surface area contributed by atoms with Gasteiger partial charge in [0, 0.05) is 8.96 Å². The van der Waals surface area contributed by atoms with Gasteiger partial charge in [0.05, 0.1) is 6.26 Å². The fourth-order valence-corrected chi connectivity index (χ4v) is 2.07. The van der Waals surface area contributed by atoms with Crippen molar-refractivity contribution in [1.82, 2.24) is 0 Å². The molecule has 68 valence electrons. The summed E-state index contributed by atoms with van der Waals surface area (Å²) < 4.78 is 6.65. The lowest BCUT2D eigenvalue weighted by atomic mass is 10.1. The number of aryl methyl sites for hydroxylation is 1. The van der Waals surface area contributed by atoms with Crippen molar-refractivity contribution in [2.45, 2.75) is 6.42 Å². The Hall–Kier alpha value is -0.160. The fourth-order valence-electron chi connectivity index (χ4n) is 1.37. The SMILES string of the molecule is SCCc1coc2cc(I)ccc12. The summed E-state index contributed by atoms with van der Waals surface area (Å²) in [6.07, 6.45) is 2.80. The monoisotopic (exact) mass is 304 g/mol. The highest BCUT2D eigenvalue weighted by molar-refractivity contribution is 14.1. The topological polar surface area (TPSA) is 13.1 Å². The predicted molar refractivity (Wildman–Crippen MR) is 66.5 cm³/mol. The van der Waals surface area contributed by atoms with Crippen LogP contribution in [0.4, 0.5) is 0 Å². The van der Waals surface area contributed by atoms with Crippen molar-refractivity contribution in [1.29, 1.82) is 0 Å². The summed E-state index contributed by atoms with van der Waals surface area (Å²) >= 11 is 6.49. The van der Waals surface area contributed by atoms with Crippen LogP contribution in [0.3, 0.4) is 0 Å². The molecule has 0 bridgehead atoms. The second-order valence-electron chi connectivity index (χ2n) is 2.88. The maximum absolute atomic E-state index is 5.44. The molecule has 13 heavy (non-hydrogen) atoms. The Labute approximate surface area is 96.1 Å². The molecule has 2 rings (SSSR count). The molecule has 0 N–H and O–H groups in total. The van der Waals surface area contributed by atoms with Gasteiger partial charge in [-0.15, -0.1) is 0 Å². The molecule has 1 heterocycles. The Balaban J connectivity index is 2.55. The van der Waals surface area contributed by atoms with Gasteiger partial charge >= 0.3 is 0 Å². The van der Waals surface area contributed by atoms with Crippen LogP contribution >= 0.6 is 35.2 Å². The Morgan fingerprint density at radius 1 is 1.38 bits per heavy atom. The number of benzene rings is 1. The van der Waals surface area contributed by atoms with E-state index in [4.69, 9.17) is 4.42 Å². The predicted octanol–water partition coefficient (Wildman–Crippen LogP) is 3.51. The number of hydrogen-bond donors (Lipinski definition) is 1. The maximum Gasteiger partial charge on any atom is 0.135 e. The third-order valence-corrected chi connectivity index (χ3v) is 2.89. The normalized spacial score (nSPS) is 10.9. The van der Waals surface area contributed by atoms with Crippen molar-refractivity contribution >= 4 is 46.2 Å². The molecule has 0 unspecified atom stereocenters. The smallest absolute Gasteiger partial charge is 0.135 e. The lowest BCUT2D eigenvalue weighted by Crippen LogP contribution is -1.82. The molecule has 1 aromatic heterocycles. The third kappa shape index (κ3) is 1.86. The molecule has 0 atom stereocenters. The average molecular weight is 304 g/mol.